The molecule has 1 heterocycles. The van der Waals surface area contributed by atoms with E-state index in [9.17, 15) is 4.79 Å². The summed E-state index contributed by atoms with van der Waals surface area (Å²) < 4.78 is 5.42. The Balaban J connectivity index is 2.14. The van der Waals surface area contributed by atoms with Crippen molar-refractivity contribution in [3.05, 3.63) is 59.0 Å². The minimum absolute atomic E-state index is 0.00997. The van der Waals surface area contributed by atoms with Gasteiger partial charge in [-0.05, 0) is 37.5 Å². The number of rotatable bonds is 5. The van der Waals surface area contributed by atoms with Crippen LogP contribution in [0.1, 0.15) is 39.9 Å². The zero-order valence-electron chi connectivity index (χ0n) is 11.7. The summed E-state index contributed by atoms with van der Waals surface area (Å²) in [6.45, 7) is 3.74. The zero-order chi connectivity index (χ0) is 14.5. The van der Waals surface area contributed by atoms with Gasteiger partial charge in [0.2, 0.25) is 0 Å². The van der Waals surface area contributed by atoms with E-state index in [2.05, 4.69) is 5.32 Å². The molecule has 1 atom stereocenters. The second kappa shape index (κ2) is 6.39. The molecule has 2 rings (SSSR count). The summed E-state index contributed by atoms with van der Waals surface area (Å²) in [5.74, 6) is 0.788. The van der Waals surface area contributed by atoms with E-state index in [-0.39, 0.29) is 18.6 Å². The van der Waals surface area contributed by atoms with Crippen LogP contribution in [-0.4, -0.2) is 17.6 Å². The number of hydrogen-bond donors (Lipinski definition) is 2. The van der Waals surface area contributed by atoms with Crippen molar-refractivity contribution in [2.75, 3.05) is 6.61 Å². The fraction of sp³-hybridized carbons (Fsp3) is 0.312. The van der Waals surface area contributed by atoms with E-state index >= 15 is 0 Å². The highest BCUT2D eigenvalue weighted by Crippen LogP contribution is 2.18. The van der Waals surface area contributed by atoms with Gasteiger partial charge in [-0.25, -0.2) is 0 Å². The average molecular weight is 273 g/mol. The molecule has 2 N–H and O–H groups in total. The Labute approximate surface area is 118 Å². The lowest BCUT2D eigenvalue weighted by molar-refractivity contribution is 0.0900. The second-order valence-corrected chi connectivity index (χ2v) is 4.80. The molecule has 0 saturated carbocycles. The van der Waals surface area contributed by atoms with Crippen LogP contribution in [0.15, 0.2) is 40.8 Å². The van der Waals surface area contributed by atoms with Crippen molar-refractivity contribution >= 4 is 5.91 Å². The molecule has 1 unspecified atom stereocenters. The fourth-order valence-corrected chi connectivity index (χ4v) is 2.05. The van der Waals surface area contributed by atoms with E-state index < -0.39 is 0 Å². The highest BCUT2D eigenvalue weighted by molar-refractivity contribution is 5.92. The number of nitrogens with one attached hydrogen (secondary N) is 1. The molecule has 0 radical (unpaired) electrons. The topological polar surface area (TPSA) is 62.5 Å². The lowest BCUT2D eigenvalue weighted by Crippen LogP contribution is -2.28. The smallest absolute Gasteiger partial charge is 0.287 e. The normalized spacial score (nSPS) is 12.2. The van der Waals surface area contributed by atoms with Gasteiger partial charge in [0.15, 0.2) is 5.76 Å². The number of aliphatic hydroxyl groups is 1. The van der Waals surface area contributed by atoms with Crippen LogP contribution in [0.5, 0.6) is 0 Å². The van der Waals surface area contributed by atoms with Crippen LogP contribution >= 0.6 is 0 Å². The fourth-order valence-electron chi connectivity index (χ4n) is 2.05. The van der Waals surface area contributed by atoms with Crippen LogP contribution in [0.3, 0.4) is 0 Å². The molecule has 1 aromatic heterocycles. The van der Waals surface area contributed by atoms with Crippen molar-refractivity contribution in [2.45, 2.75) is 26.3 Å². The maximum absolute atomic E-state index is 12.2. The van der Waals surface area contributed by atoms with Gasteiger partial charge in [0.05, 0.1) is 6.04 Å². The Morgan fingerprint density at radius 3 is 2.55 bits per heavy atom. The number of furan rings is 1. The first-order chi connectivity index (χ1) is 9.61. The van der Waals surface area contributed by atoms with Crippen LogP contribution in [0.4, 0.5) is 0 Å². The third-order valence-electron chi connectivity index (χ3n) is 3.31. The molecule has 20 heavy (non-hydrogen) atoms. The molecule has 0 aliphatic heterocycles. The molecule has 1 aromatic carbocycles. The SMILES string of the molecule is Cc1cc(C(=O)NC(CCO)c2ccccc2)oc1C. The van der Waals surface area contributed by atoms with Crippen molar-refractivity contribution < 1.29 is 14.3 Å². The Bertz CT molecular complexity index is 555. The van der Waals surface area contributed by atoms with Gasteiger partial charge >= 0.3 is 0 Å². The van der Waals surface area contributed by atoms with Gasteiger partial charge in [-0.1, -0.05) is 30.3 Å². The minimum atomic E-state index is -0.261. The van der Waals surface area contributed by atoms with Gasteiger partial charge in [0, 0.05) is 6.61 Å². The molecule has 0 aliphatic carbocycles. The molecule has 0 fully saturated rings. The van der Waals surface area contributed by atoms with Crippen LogP contribution < -0.4 is 5.32 Å². The largest absolute Gasteiger partial charge is 0.456 e. The molecular weight excluding hydrogens is 254 g/mol. The summed E-state index contributed by atoms with van der Waals surface area (Å²) >= 11 is 0. The first kappa shape index (κ1) is 14.3. The van der Waals surface area contributed by atoms with Crippen LogP contribution in [-0.2, 0) is 0 Å². The maximum atomic E-state index is 12.2. The average Bonchev–Trinajstić information content (AvgIpc) is 2.79. The van der Waals surface area contributed by atoms with Crippen LogP contribution in [0.2, 0.25) is 0 Å². The number of carbonyl (C=O) groups is 1. The summed E-state index contributed by atoms with van der Waals surface area (Å²) in [4.78, 5) is 12.2. The van der Waals surface area contributed by atoms with Gasteiger partial charge in [-0.15, -0.1) is 0 Å². The molecule has 106 valence electrons. The van der Waals surface area contributed by atoms with E-state index in [1.807, 2.05) is 44.2 Å². The highest BCUT2D eigenvalue weighted by atomic mass is 16.3. The molecular formula is C16H19NO3. The number of carbonyl (C=O) groups excluding carboxylic acids is 1. The molecule has 0 aliphatic rings. The van der Waals surface area contributed by atoms with Gasteiger partial charge in [0.1, 0.15) is 5.76 Å². The molecule has 4 heteroatoms. The molecule has 4 nitrogen and oxygen atoms in total. The maximum Gasteiger partial charge on any atom is 0.287 e. The van der Waals surface area contributed by atoms with Crippen molar-refractivity contribution in [1.29, 1.82) is 0 Å². The number of amides is 1. The number of benzene rings is 1. The second-order valence-electron chi connectivity index (χ2n) is 4.80. The van der Waals surface area contributed by atoms with Crippen molar-refractivity contribution in [1.82, 2.24) is 5.32 Å². The molecule has 0 bridgehead atoms. The standard InChI is InChI=1S/C16H19NO3/c1-11-10-15(20-12(11)2)16(19)17-14(8-9-18)13-6-4-3-5-7-13/h3-7,10,14,18H,8-9H2,1-2H3,(H,17,19). The van der Waals surface area contributed by atoms with Gasteiger partial charge < -0.3 is 14.8 Å². The Kier molecular flexibility index (Phi) is 4.58. The van der Waals surface area contributed by atoms with Crippen molar-refractivity contribution in [3.8, 4) is 0 Å². The van der Waals surface area contributed by atoms with Gasteiger partial charge in [-0.3, -0.25) is 4.79 Å². The van der Waals surface area contributed by atoms with E-state index in [0.717, 1.165) is 16.9 Å². The summed E-state index contributed by atoms with van der Waals surface area (Å²) in [6.07, 6.45) is 0.467. The zero-order valence-corrected chi connectivity index (χ0v) is 11.7. The van der Waals surface area contributed by atoms with E-state index in [4.69, 9.17) is 9.52 Å². The first-order valence-corrected chi connectivity index (χ1v) is 6.65. The highest BCUT2D eigenvalue weighted by Gasteiger charge is 2.18. The Morgan fingerprint density at radius 1 is 1.30 bits per heavy atom. The number of hydrogen-bond acceptors (Lipinski definition) is 3. The van der Waals surface area contributed by atoms with Crippen LogP contribution in [0.25, 0.3) is 0 Å². The first-order valence-electron chi connectivity index (χ1n) is 6.65. The monoisotopic (exact) mass is 273 g/mol. The lowest BCUT2D eigenvalue weighted by Gasteiger charge is -2.17. The summed E-state index contributed by atoms with van der Waals surface area (Å²) in [5, 5.41) is 12.1. The van der Waals surface area contributed by atoms with E-state index in [1.165, 1.54) is 0 Å². The third kappa shape index (κ3) is 3.27. The summed E-state index contributed by atoms with van der Waals surface area (Å²) in [5.41, 5.74) is 1.92. The predicted molar refractivity (Wildman–Crippen MR) is 76.5 cm³/mol. The molecule has 0 saturated heterocycles. The van der Waals surface area contributed by atoms with Crippen molar-refractivity contribution in [2.24, 2.45) is 0 Å². The lowest BCUT2D eigenvalue weighted by atomic mass is 10.0. The molecule has 0 spiro atoms. The Morgan fingerprint density at radius 2 is 2.00 bits per heavy atom. The van der Waals surface area contributed by atoms with E-state index in [0.29, 0.717) is 12.2 Å². The molecule has 2 aromatic rings. The number of aryl methyl sites for hydroxylation is 2. The number of aliphatic hydroxyl groups excluding tert-OH is 1. The van der Waals surface area contributed by atoms with Crippen molar-refractivity contribution in [3.63, 3.8) is 0 Å². The quantitative estimate of drug-likeness (QED) is 0.880. The molecule has 1 amide bonds. The van der Waals surface area contributed by atoms with Gasteiger partial charge in [-0.2, -0.15) is 0 Å². The third-order valence-corrected chi connectivity index (χ3v) is 3.31. The van der Waals surface area contributed by atoms with Crippen LogP contribution in [0, 0.1) is 13.8 Å². The predicted octanol–water partition coefficient (Wildman–Crippen LogP) is 2.75. The summed E-state index contributed by atoms with van der Waals surface area (Å²) in [7, 11) is 0. The van der Waals surface area contributed by atoms with E-state index in [1.54, 1.807) is 6.07 Å². The summed E-state index contributed by atoms with van der Waals surface area (Å²) in [6, 6.07) is 11.1. The van der Waals surface area contributed by atoms with Gasteiger partial charge in [0.25, 0.3) is 5.91 Å². The Hall–Kier alpha value is -2.07. The minimum Gasteiger partial charge on any atom is -0.456 e.